The lowest BCUT2D eigenvalue weighted by Gasteiger charge is -2.20. The van der Waals surface area contributed by atoms with Gasteiger partial charge in [0.15, 0.2) is 0 Å². The van der Waals surface area contributed by atoms with Crippen molar-refractivity contribution in [3.63, 3.8) is 0 Å². The van der Waals surface area contributed by atoms with Crippen LogP contribution in [0.2, 0.25) is 0 Å². The molecular weight excluding hydrogens is 350 g/mol. The quantitative estimate of drug-likeness (QED) is 0.605. The van der Waals surface area contributed by atoms with Crippen molar-refractivity contribution < 1.29 is 14.3 Å². The van der Waals surface area contributed by atoms with Crippen molar-refractivity contribution in [1.82, 2.24) is 5.32 Å². The molecule has 4 heteroatoms. The second-order valence-electron chi connectivity index (χ2n) is 6.57. The molecule has 1 amide bonds. The fourth-order valence-electron chi connectivity index (χ4n) is 3.18. The number of benzene rings is 3. The summed E-state index contributed by atoms with van der Waals surface area (Å²) in [5.74, 6) is 0. The molecule has 0 saturated heterocycles. The van der Waals surface area contributed by atoms with E-state index in [1.165, 1.54) is 0 Å². The maximum atomic E-state index is 12.3. The lowest BCUT2D eigenvalue weighted by molar-refractivity contribution is 0.133. The Balaban J connectivity index is 1.66. The minimum absolute atomic E-state index is 0.210. The van der Waals surface area contributed by atoms with E-state index in [9.17, 15) is 4.79 Å². The highest BCUT2D eigenvalue weighted by molar-refractivity contribution is 5.86. The molecule has 0 heterocycles. The molecule has 0 aromatic heterocycles. The standard InChI is InChI=1S/C24H25NO3/c1-18(19-9-4-3-5-10-19)15-16-28-24(26)25-23(17-27-2)22-14-8-12-20-11-6-7-13-21(20)22/h3-15,23H,16-17H2,1-2H3,(H,25,26)/b18-15+. The summed E-state index contributed by atoms with van der Waals surface area (Å²) in [6.45, 7) is 2.57. The molecule has 4 nitrogen and oxygen atoms in total. The fraction of sp³-hybridized carbons (Fsp3) is 0.208. The van der Waals surface area contributed by atoms with Crippen molar-refractivity contribution in [2.24, 2.45) is 0 Å². The molecule has 1 unspecified atom stereocenters. The summed E-state index contributed by atoms with van der Waals surface area (Å²) in [5, 5.41) is 5.14. The Morgan fingerprint density at radius 2 is 1.71 bits per heavy atom. The second kappa shape index (κ2) is 9.72. The van der Waals surface area contributed by atoms with Crippen molar-refractivity contribution in [3.8, 4) is 0 Å². The van der Waals surface area contributed by atoms with Gasteiger partial charge in [-0.1, -0.05) is 72.8 Å². The molecule has 0 aliphatic carbocycles. The molecule has 0 fully saturated rings. The molecule has 3 aromatic rings. The van der Waals surface area contributed by atoms with Gasteiger partial charge in [0, 0.05) is 7.11 Å². The largest absolute Gasteiger partial charge is 0.445 e. The summed E-state index contributed by atoms with van der Waals surface area (Å²) >= 11 is 0. The third kappa shape index (κ3) is 4.99. The first-order chi connectivity index (χ1) is 13.7. The van der Waals surface area contributed by atoms with Crippen molar-refractivity contribution in [1.29, 1.82) is 0 Å². The summed E-state index contributed by atoms with van der Waals surface area (Å²) in [5.41, 5.74) is 3.18. The molecule has 144 valence electrons. The topological polar surface area (TPSA) is 47.6 Å². The van der Waals surface area contributed by atoms with E-state index in [-0.39, 0.29) is 12.6 Å². The smallest absolute Gasteiger partial charge is 0.408 e. The number of methoxy groups -OCH3 is 1. The highest BCUT2D eigenvalue weighted by Gasteiger charge is 2.17. The van der Waals surface area contributed by atoms with Gasteiger partial charge in [0.25, 0.3) is 0 Å². The number of ether oxygens (including phenoxy) is 2. The number of amides is 1. The minimum Gasteiger partial charge on any atom is -0.445 e. The van der Waals surface area contributed by atoms with Crippen LogP contribution in [0.25, 0.3) is 16.3 Å². The highest BCUT2D eigenvalue weighted by Crippen LogP contribution is 2.24. The number of rotatable bonds is 7. The minimum atomic E-state index is -0.466. The number of nitrogens with one attached hydrogen (secondary N) is 1. The second-order valence-corrected chi connectivity index (χ2v) is 6.57. The number of carbonyl (C=O) groups is 1. The predicted octanol–water partition coefficient (Wildman–Crippen LogP) is 5.36. The van der Waals surface area contributed by atoms with Gasteiger partial charge in [0.05, 0.1) is 12.6 Å². The summed E-state index contributed by atoms with van der Waals surface area (Å²) in [4.78, 5) is 12.3. The van der Waals surface area contributed by atoms with E-state index in [0.717, 1.165) is 27.5 Å². The summed E-state index contributed by atoms with van der Waals surface area (Å²) in [6.07, 6.45) is 1.44. The first kappa shape index (κ1) is 19.6. The Morgan fingerprint density at radius 3 is 2.50 bits per heavy atom. The average Bonchev–Trinajstić information content (AvgIpc) is 2.73. The van der Waals surface area contributed by atoms with Crippen LogP contribution in [0.4, 0.5) is 4.79 Å². The zero-order valence-corrected chi connectivity index (χ0v) is 16.2. The Morgan fingerprint density at radius 1 is 1.00 bits per heavy atom. The first-order valence-corrected chi connectivity index (χ1v) is 9.31. The van der Waals surface area contributed by atoms with E-state index in [1.807, 2.05) is 73.7 Å². The van der Waals surface area contributed by atoms with Gasteiger partial charge in [0.1, 0.15) is 6.61 Å². The molecule has 3 rings (SSSR count). The molecule has 28 heavy (non-hydrogen) atoms. The van der Waals surface area contributed by atoms with Gasteiger partial charge in [0.2, 0.25) is 0 Å². The average molecular weight is 375 g/mol. The van der Waals surface area contributed by atoms with Gasteiger partial charge in [-0.15, -0.1) is 0 Å². The lowest BCUT2D eigenvalue weighted by atomic mass is 9.99. The molecule has 0 saturated carbocycles. The van der Waals surface area contributed by atoms with Crippen LogP contribution < -0.4 is 5.32 Å². The van der Waals surface area contributed by atoms with Gasteiger partial charge in [-0.05, 0) is 40.5 Å². The molecule has 0 radical (unpaired) electrons. The molecule has 1 atom stereocenters. The SMILES string of the molecule is COCC(NC(=O)OC/C=C(\C)c1ccccc1)c1cccc2ccccc12. The molecule has 0 spiro atoms. The summed E-state index contributed by atoms with van der Waals surface area (Å²) in [6, 6.07) is 23.9. The van der Waals surface area contributed by atoms with Crippen molar-refractivity contribution >= 4 is 22.4 Å². The van der Waals surface area contributed by atoms with E-state index in [0.29, 0.717) is 6.61 Å². The lowest BCUT2D eigenvalue weighted by Crippen LogP contribution is -2.32. The van der Waals surface area contributed by atoms with Crippen molar-refractivity contribution in [3.05, 3.63) is 90.0 Å². The van der Waals surface area contributed by atoms with E-state index < -0.39 is 6.09 Å². The number of allylic oxidation sites excluding steroid dienone is 1. The van der Waals surface area contributed by atoms with Crippen LogP contribution in [-0.2, 0) is 9.47 Å². The molecule has 0 aliphatic rings. The fourth-order valence-corrected chi connectivity index (χ4v) is 3.18. The number of fused-ring (bicyclic) bond motifs is 1. The Hall–Kier alpha value is -3.11. The van der Waals surface area contributed by atoms with Crippen LogP contribution in [0, 0.1) is 0 Å². The monoisotopic (exact) mass is 375 g/mol. The van der Waals surface area contributed by atoms with Gasteiger partial charge in [-0.2, -0.15) is 0 Å². The van der Waals surface area contributed by atoms with Gasteiger partial charge < -0.3 is 14.8 Å². The van der Waals surface area contributed by atoms with E-state index in [2.05, 4.69) is 17.4 Å². The first-order valence-electron chi connectivity index (χ1n) is 9.31. The van der Waals surface area contributed by atoms with Crippen LogP contribution >= 0.6 is 0 Å². The molecular formula is C24H25NO3. The highest BCUT2D eigenvalue weighted by atomic mass is 16.5. The molecule has 0 bridgehead atoms. The predicted molar refractivity (Wildman–Crippen MR) is 113 cm³/mol. The van der Waals surface area contributed by atoms with E-state index in [1.54, 1.807) is 7.11 Å². The maximum Gasteiger partial charge on any atom is 0.408 e. The Kier molecular flexibility index (Phi) is 6.82. The number of carbonyl (C=O) groups excluding carboxylic acids is 1. The normalized spacial score (nSPS) is 12.6. The zero-order valence-electron chi connectivity index (χ0n) is 16.2. The van der Waals surface area contributed by atoms with Gasteiger partial charge >= 0.3 is 6.09 Å². The number of hydrogen-bond acceptors (Lipinski definition) is 3. The summed E-state index contributed by atoms with van der Waals surface area (Å²) in [7, 11) is 1.62. The Bertz CT molecular complexity index is 945. The van der Waals surface area contributed by atoms with Crippen molar-refractivity contribution in [2.45, 2.75) is 13.0 Å². The molecule has 3 aromatic carbocycles. The van der Waals surface area contributed by atoms with Crippen LogP contribution in [0.15, 0.2) is 78.9 Å². The summed E-state index contributed by atoms with van der Waals surface area (Å²) < 4.78 is 10.7. The number of hydrogen-bond donors (Lipinski definition) is 1. The zero-order chi connectivity index (χ0) is 19.8. The van der Waals surface area contributed by atoms with Gasteiger partial charge in [-0.25, -0.2) is 4.79 Å². The van der Waals surface area contributed by atoms with E-state index in [4.69, 9.17) is 9.47 Å². The van der Waals surface area contributed by atoms with Crippen LogP contribution in [-0.4, -0.2) is 26.4 Å². The Labute approximate surface area is 165 Å². The molecule has 0 aliphatic heterocycles. The van der Waals surface area contributed by atoms with Crippen LogP contribution in [0.1, 0.15) is 24.1 Å². The maximum absolute atomic E-state index is 12.3. The third-order valence-electron chi connectivity index (χ3n) is 4.66. The number of alkyl carbamates (subject to hydrolysis) is 1. The van der Waals surface area contributed by atoms with Crippen LogP contribution in [0.5, 0.6) is 0 Å². The molecule has 1 N–H and O–H groups in total. The van der Waals surface area contributed by atoms with Crippen molar-refractivity contribution in [2.75, 3.05) is 20.3 Å². The van der Waals surface area contributed by atoms with Gasteiger partial charge in [-0.3, -0.25) is 0 Å². The third-order valence-corrected chi connectivity index (χ3v) is 4.66. The van der Waals surface area contributed by atoms with E-state index >= 15 is 0 Å². The van der Waals surface area contributed by atoms with Crippen LogP contribution in [0.3, 0.4) is 0 Å².